The monoisotopic (exact) mass is 484 g/mol. The second-order valence-electron chi connectivity index (χ2n) is 7.62. The number of nitrogens with zero attached hydrogens (tertiary/aromatic N) is 3. The molecule has 0 spiro atoms. The van der Waals surface area contributed by atoms with Crippen LogP contribution in [0.5, 0.6) is 23.0 Å². The number of nitrogens with one attached hydrogen (secondary N) is 1. The lowest BCUT2D eigenvalue weighted by Gasteiger charge is -2.14. The lowest BCUT2D eigenvalue weighted by molar-refractivity contribution is 0.173. The van der Waals surface area contributed by atoms with Crippen LogP contribution in [0.25, 0.3) is 10.9 Å². The highest BCUT2D eigenvalue weighted by atomic mass is 35.5. The van der Waals surface area contributed by atoms with Crippen LogP contribution in [0.3, 0.4) is 0 Å². The maximum Gasteiger partial charge on any atom is 0.179 e. The van der Waals surface area contributed by atoms with Crippen LogP contribution in [0.4, 0.5) is 15.9 Å². The minimum Gasteiger partial charge on any atom is -0.493 e. The number of aromatic nitrogens is 3. The molecule has 0 fully saturated rings. The topological polar surface area (TPSA) is 79.7 Å². The summed E-state index contributed by atoms with van der Waals surface area (Å²) in [6.45, 7) is 2.35. The number of rotatable bonds is 8. The molecule has 0 saturated heterocycles. The zero-order valence-corrected chi connectivity index (χ0v) is 19.1. The molecule has 1 aliphatic heterocycles. The first kappa shape index (κ1) is 22.1. The fourth-order valence-corrected chi connectivity index (χ4v) is 3.87. The number of methoxy groups -OCH3 is 1. The van der Waals surface area contributed by atoms with Gasteiger partial charge in [-0.05, 0) is 30.7 Å². The van der Waals surface area contributed by atoms with Crippen LogP contribution in [0.2, 0.25) is 5.02 Å². The Morgan fingerprint density at radius 2 is 1.88 bits per heavy atom. The van der Waals surface area contributed by atoms with Crippen molar-refractivity contribution < 1.29 is 23.3 Å². The second kappa shape index (κ2) is 9.64. The van der Waals surface area contributed by atoms with Crippen molar-refractivity contribution in [2.45, 2.75) is 13.0 Å². The molecule has 10 heteroatoms. The van der Waals surface area contributed by atoms with Gasteiger partial charge in [-0.2, -0.15) is 0 Å². The van der Waals surface area contributed by atoms with Gasteiger partial charge in [-0.15, -0.1) is 0 Å². The molecule has 2 aromatic heterocycles. The highest BCUT2D eigenvalue weighted by Gasteiger charge is 2.15. The minimum atomic E-state index is -0.486. The van der Waals surface area contributed by atoms with Gasteiger partial charge in [0.05, 0.1) is 36.6 Å². The van der Waals surface area contributed by atoms with Gasteiger partial charge in [0.15, 0.2) is 23.0 Å². The van der Waals surface area contributed by atoms with Gasteiger partial charge in [0, 0.05) is 23.7 Å². The fraction of sp³-hybridized carbons (Fsp3) is 0.250. The molecule has 1 N–H and O–H groups in total. The summed E-state index contributed by atoms with van der Waals surface area (Å²) in [7, 11) is 1.58. The van der Waals surface area contributed by atoms with E-state index in [1.165, 1.54) is 18.5 Å². The van der Waals surface area contributed by atoms with E-state index in [1.54, 1.807) is 19.2 Å². The van der Waals surface area contributed by atoms with Crippen LogP contribution in [-0.4, -0.2) is 41.5 Å². The van der Waals surface area contributed by atoms with Gasteiger partial charge in [0.2, 0.25) is 0 Å². The maximum absolute atomic E-state index is 13.5. The molecule has 0 radical (unpaired) electrons. The Hall–Kier alpha value is -3.72. The van der Waals surface area contributed by atoms with Crippen LogP contribution in [0.1, 0.15) is 6.42 Å². The number of hydrogen-bond donors (Lipinski definition) is 1. The molecule has 34 heavy (non-hydrogen) atoms. The first-order valence-electron chi connectivity index (χ1n) is 10.7. The Morgan fingerprint density at radius 1 is 1.09 bits per heavy atom. The number of anilines is 2. The van der Waals surface area contributed by atoms with Gasteiger partial charge in [0.1, 0.15) is 31.2 Å². The standard InChI is InChI=1S/C24H22ClFN4O4/c1-31-20-11-19-16(24(28-14-27-19)29-15-3-4-18(26)17(25)9-15)10-21(20)32-6-2-5-30-12-22-23(13-30)34-8-7-33-22/h3-4,9-14H,2,5-8H2,1H3,(H,27,28,29). The first-order chi connectivity index (χ1) is 16.6. The third-order valence-corrected chi connectivity index (χ3v) is 5.62. The number of aryl methyl sites for hydroxylation is 1. The van der Waals surface area contributed by atoms with Crippen molar-refractivity contribution in [1.82, 2.24) is 14.5 Å². The molecule has 1 aliphatic rings. The predicted molar refractivity (Wildman–Crippen MR) is 126 cm³/mol. The molecule has 0 atom stereocenters. The minimum absolute atomic E-state index is 0.0238. The van der Waals surface area contributed by atoms with E-state index in [0.29, 0.717) is 48.3 Å². The summed E-state index contributed by atoms with van der Waals surface area (Å²) in [5.41, 5.74) is 1.28. The van der Waals surface area contributed by atoms with Gasteiger partial charge in [-0.25, -0.2) is 14.4 Å². The Bertz CT molecular complexity index is 1310. The summed E-state index contributed by atoms with van der Waals surface area (Å²) in [6.07, 6.45) is 6.07. The second-order valence-corrected chi connectivity index (χ2v) is 8.03. The highest BCUT2D eigenvalue weighted by molar-refractivity contribution is 6.31. The Morgan fingerprint density at radius 3 is 2.62 bits per heavy atom. The molecule has 5 rings (SSSR count). The van der Waals surface area contributed by atoms with Crippen molar-refractivity contribution in [3.63, 3.8) is 0 Å². The molecule has 0 bridgehead atoms. The third kappa shape index (κ3) is 4.65. The average molecular weight is 485 g/mol. The Balaban J connectivity index is 1.31. The maximum atomic E-state index is 13.5. The van der Waals surface area contributed by atoms with Gasteiger partial charge in [-0.1, -0.05) is 11.6 Å². The molecule has 2 aromatic carbocycles. The van der Waals surface area contributed by atoms with Gasteiger partial charge < -0.3 is 28.8 Å². The zero-order valence-electron chi connectivity index (χ0n) is 18.4. The number of benzene rings is 2. The lowest BCUT2D eigenvalue weighted by Crippen LogP contribution is -2.13. The third-order valence-electron chi connectivity index (χ3n) is 5.33. The van der Waals surface area contributed by atoms with Gasteiger partial charge in [-0.3, -0.25) is 0 Å². The lowest BCUT2D eigenvalue weighted by atomic mass is 10.2. The van der Waals surface area contributed by atoms with E-state index in [-0.39, 0.29) is 5.02 Å². The average Bonchev–Trinajstić information content (AvgIpc) is 3.27. The van der Waals surface area contributed by atoms with Crippen LogP contribution >= 0.6 is 11.6 Å². The van der Waals surface area contributed by atoms with Gasteiger partial charge >= 0.3 is 0 Å². The van der Waals surface area contributed by atoms with E-state index in [2.05, 4.69) is 15.3 Å². The quantitative estimate of drug-likeness (QED) is 0.343. The summed E-state index contributed by atoms with van der Waals surface area (Å²) in [5.74, 6) is 2.73. The number of hydrogen-bond acceptors (Lipinski definition) is 7. The van der Waals surface area contributed by atoms with Crippen molar-refractivity contribution in [2.75, 3.05) is 32.2 Å². The smallest absolute Gasteiger partial charge is 0.179 e. The number of halogens is 2. The summed E-state index contributed by atoms with van der Waals surface area (Å²) in [6, 6.07) is 8.01. The van der Waals surface area contributed by atoms with E-state index >= 15 is 0 Å². The molecular weight excluding hydrogens is 463 g/mol. The summed E-state index contributed by atoms with van der Waals surface area (Å²) >= 11 is 5.91. The molecule has 0 aliphatic carbocycles. The largest absolute Gasteiger partial charge is 0.493 e. The van der Waals surface area contributed by atoms with Crippen molar-refractivity contribution in [3.8, 4) is 23.0 Å². The Kier molecular flexibility index (Phi) is 6.27. The SMILES string of the molecule is COc1cc2ncnc(Nc3ccc(F)c(Cl)c3)c2cc1OCCCn1cc2c(c1)OCCO2. The Labute approximate surface area is 200 Å². The summed E-state index contributed by atoms with van der Waals surface area (Å²) in [5, 5.41) is 3.92. The first-order valence-corrected chi connectivity index (χ1v) is 11.1. The van der Waals surface area contributed by atoms with Crippen LogP contribution in [0, 0.1) is 5.82 Å². The van der Waals surface area contributed by atoms with E-state index in [1.807, 2.05) is 23.0 Å². The van der Waals surface area contributed by atoms with Gasteiger partial charge in [0.25, 0.3) is 0 Å². The van der Waals surface area contributed by atoms with Crippen LogP contribution < -0.4 is 24.3 Å². The van der Waals surface area contributed by atoms with Crippen LogP contribution in [0.15, 0.2) is 49.1 Å². The molecule has 4 aromatic rings. The van der Waals surface area contributed by atoms with Crippen molar-refractivity contribution in [3.05, 3.63) is 59.9 Å². The molecule has 0 unspecified atom stereocenters. The molecule has 0 amide bonds. The van der Waals surface area contributed by atoms with E-state index in [4.69, 9.17) is 30.5 Å². The van der Waals surface area contributed by atoms with E-state index in [9.17, 15) is 4.39 Å². The molecule has 0 saturated carbocycles. The predicted octanol–water partition coefficient (Wildman–Crippen LogP) is 5.22. The normalized spacial score (nSPS) is 12.6. The summed E-state index contributed by atoms with van der Waals surface area (Å²) < 4.78 is 38.3. The fourth-order valence-electron chi connectivity index (χ4n) is 3.69. The van der Waals surface area contributed by atoms with Crippen molar-refractivity contribution in [1.29, 1.82) is 0 Å². The molecular formula is C24H22ClFN4O4. The molecule has 8 nitrogen and oxygen atoms in total. The molecule has 176 valence electrons. The van der Waals surface area contributed by atoms with E-state index in [0.717, 1.165) is 29.9 Å². The summed E-state index contributed by atoms with van der Waals surface area (Å²) in [4.78, 5) is 8.67. The number of fused-ring (bicyclic) bond motifs is 2. The van der Waals surface area contributed by atoms with Crippen molar-refractivity contribution in [2.24, 2.45) is 0 Å². The highest BCUT2D eigenvalue weighted by Crippen LogP contribution is 2.35. The van der Waals surface area contributed by atoms with Crippen LogP contribution in [-0.2, 0) is 6.54 Å². The van der Waals surface area contributed by atoms with E-state index < -0.39 is 5.82 Å². The number of ether oxygens (including phenoxy) is 4. The molecule has 3 heterocycles. The zero-order chi connectivity index (χ0) is 23.5. The van der Waals surface area contributed by atoms with Crippen molar-refractivity contribution >= 4 is 34.0 Å².